The Morgan fingerprint density at radius 3 is 2.61 bits per heavy atom. The van der Waals surface area contributed by atoms with Crippen LogP contribution in [-0.2, 0) is 7.05 Å². The van der Waals surface area contributed by atoms with Crippen LogP contribution in [0.25, 0.3) is 22.3 Å². The number of nitrogens with one attached hydrogen (secondary N) is 2. The lowest BCUT2D eigenvalue weighted by Crippen LogP contribution is -2.52. The summed E-state index contributed by atoms with van der Waals surface area (Å²) < 4.78 is 1.77. The molecule has 0 bridgehead atoms. The van der Waals surface area contributed by atoms with Crippen LogP contribution in [0.15, 0.2) is 49.1 Å². The highest BCUT2D eigenvalue weighted by atomic mass is 35.5. The first-order valence-corrected chi connectivity index (χ1v) is 11.2. The average Bonchev–Trinajstić information content (AvgIpc) is 3.45. The van der Waals surface area contributed by atoms with E-state index in [-0.39, 0.29) is 12.1 Å². The van der Waals surface area contributed by atoms with Crippen LogP contribution >= 0.6 is 11.6 Å². The minimum atomic E-state index is -0.0972. The van der Waals surface area contributed by atoms with Crippen molar-refractivity contribution in [3.05, 3.63) is 59.6 Å². The lowest BCUT2D eigenvalue weighted by atomic mass is 10.1. The van der Waals surface area contributed by atoms with Gasteiger partial charge in [0, 0.05) is 50.0 Å². The van der Waals surface area contributed by atoms with E-state index in [1.165, 1.54) is 0 Å². The molecule has 0 aliphatic carbocycles. The Balaban J connectivity index is 1.25. The van der Waals surface area contributed by atoms with E-state index in [4.69, 9.17) is 11.6 Å². The molecule has 2 amide bonds. The van der Waals surface area contributed by atoms with Gasteiger partial charge in [-0.05, 0) is 30.7 Å². The van der Waals surface area contributed by atoms with E-state index in [1.54, 1.807) is 11.0 Å². The molecule has 4 aromatic rings. The van der Waals surface area contributed by atoms with Gasteiger partial charge in [0.1, 0.15) is 17.8 Å². The molecule has 1 saturated heterocycles. The highest BCUT2D eigenvalue weighted by Gasteiger charge is 2.25. The number of benzene rings is 1. The maximum atomic E-state index is 12.8. The number of H-pyrrole nitrogens is 1. The molecule has 10 heteroatoms. The summed E-state index contributed by atoms with van der Waals surface area (Å²) in [4.78, 5) is 29.2. The Kier molecular flexibility index (Phi) is 5.63. The largest absolute Gasteiger partial charge is 0.352 e. The van der Waals surface area contributed by atoms with Gasteiger partial charge in [0.15, 0.2) is 0 Å². The third-order valence-corrected chi connectivity index (χ3v) is 6.25. The fourth-order valence-corrected chi connectivity index (χ4v) is 4.25. The van der Waals surface area contributed by atoms with Gasteiger partial charge in [-0.15, -0.1) is 0 Å². The van der Waals surface area contributed by atoms with Crippen molar-refractivity contribution in [1.29, 1.82) is 0 Å². The molecule has 1 atom stereocenters. The molecule has 1 fully saturated rings. The number of carbonyl (C=O) groups is 1. The zero-order valence-electron chi connectivity index (χ0n) is 18.5. The predicted octanol–water partition coefficient (Wildman–Crippen LogP) is 3.60. The smallest absolute Gasteiger partial charge is 0.317 e. The number of hydrogen-bond acceptors (Lipinski definition) is 5. The molecule has 2 N–H and O–H groups in total. The molecule has 1 aliphatic rings. The summed E-state index contributed by atoms with van der Waals surface area (Å²) in [6.45, 7) is 4.60. The number of aromatic nitrogens is 5. The van der Waals surface area contributed by atoms with E-state index in [1.807, 2.05) is 55.5 Å². The molecule has 4 heterocycles. The molecule has 9 nitrogen and oxygen atoms in total. The van der Waals surface area contributed by atoms with Crippen molar-refractivity contribution < 1.29 is 4.79 Å². The van der Waals surface area contributed by atoms with Crippen molar-refractivity contribution in [2.75, 3.05) is 31.1 Å². The summed E-state index contributed by atoms with van der Waals surface area (Å²) in [5.41, 5.74) is 3.76. The number of fused-ring (bicyclic) bond motifs is 1. The van der Waals surface area contributed by atoms with Crippen molar-refractivity contribution in [3.63, 3.8) is 0 Å². The van der Waals surface area contributed by atoms with E-state index >= 15 is 0 Å². The maximum Gasteiger partial charge on any atom is 0.317 e. The number of urea groups is 1. The van der Waals surface area contributed by atoms with E-state index < -0.39 is 0 Å². The monoisotopic (exact) mass is 464 g/mol. The molecule has 1 aromatic carbocycles. The first-order valence-electron chi connectivity index (χ1n) is 10.9. The zero-order valence-corrected chi connectivity index (χ0v) is 19.3. The molecular weight excluding hydrogens is 440 g/mol. The van der Waals surface area contributed by atoms with Crippen LogP contribution in [-0.4, -0.2) is 61.8 Å². The van der Waals surface area contributed by atoms with Gasteiger partial charge in [0.2, 0.25) is 0 Å². The van der Waals surface area contributed by atoms with Crippen molar-refractivity contribution in [1.82, 2.24) is 34.9 Å². The highest BCUT2D eigenvalue weighted by Crippen LogP contribution is 2.29. The van der Waals surface area contributed by atoms with Crippen LogP contribution in [0.3, 0.4) is 0 Å². The molecule has 1 aliphatic heterocycles. The Morgan fingerprint density at radius 2 is 1.91 bits per heavy atom. The van der Waals surface area contributed by atoms with E-state index in [9.17, 15) is 4.79 Å². The van der Waals surface area contributed by atoms with Crippen LogP contribution in [0.2, 0.25) is 5.02 Å². The summed E-state index contributed by atoms with van der Waals surface area (Å²) in [7, 11) is 1.89. The zero-order chi connectivity index (χ0) is 22.9. The summed E-state index contributed by atoms with van der Waals surface area (Å²) in [6.07, 6.45) is 5.36. The molecule has 0 radical (unpaired) electrons. The van der Waals surface area contributed by atoms with Crippen molar-refractivity contribution in [2.24, 2.45) is 7.05 Å². The van der Waals surface area contributed by atoms with Gasteiger partial charge in [-0.1, -0.05) is 23.7 Å². The summed E-state index contributed by atoms with van der Waals surface area (Å²) in [6, 6.07) is 9.44. The summed E-state index contributed by atoms with van der Waals surface area (Å²) >= 11 is 5.96. The third kappa shape index (κ3) is 4.36. The average molecular weight is 465 g/mol. The van der Waals surface area contributed by atoms with E-state index in [0.29, 0.717) is 31.2 Å². The first-order chi connectivity index (χ1) is 16.0. The van der Waals surface area contributed by atoms with Crippen LogP contribution < -0.4 is 10.2 Å². The van der Waals surface area contributed by atoms with Crippen LogP contribution in [0.5, 0.6) is 0 Å². The summed E-state index contributed by atoms with van der Waals surface area (Å²) in [5.74, 6) is 0.876. The highest BCUT2D eigenvalue weighted by molar-refractivity contribution is 6.30. The van der Waals surface area contributed by atoms with Gasteiger partial charge < -0.3 is 20.1 Å². The van der Waals surface area contributed by atoms with Crippen molar-refractivity contribution in [3.8, 4) is 11.3 Å². The fraction of sp³-hybridized carbons (Fsp3) is 0.304. The number of halogens is 1. The maximum absolute atomic E-state index is 12.8. The van der Waals surface area contributed by atoms with E-state index in [2.05, 4.69) is 36.3 Å². The molecule has 0 saturated carbocycles. The number of carbonyl (C=O) groups excluding carboxylic acids is 1. The van der Waals surface area contributed by atoms with Gasteiger partial charge in [-0.25, -0.2) is 14.8 Å². The standard InChI is InChI=1S/C23H25ClN8O/c1-15(16-3-5-18(24)6-4-16)28-23(33)32-9-7-31(8-10-32)22-19-11-20(17-12-27-30(2)13-17)29-21(19)25-14-26-22/h3-6,11-15H,7-10H2,1-2H3,(H,28,33)(H,25,26,29)/t15-/m0/s1. The minimum Gasteiger partial charge on any atom is -0.352 e. The fourth-order valence-electron chi connectivity index (χ4n) is 4.13. The lowest BCUT2D eigenvalue weighted by molar-refractivity contribution is 0.191. The Bertz CT molecular complexity index is 1270. The van der Waals surface area contributed by atoms with E-state index in [0.717, 1.165) is 33.7 Å². The molecular formula is C23H25ClN8O. The van der Waals surface area contributed by atoms with Gasteiger partial charge in [-0.3, -0.25) is 4.68 Å². The normalized spacial score (nSPS) is 15.1. The predicted molar refractivity (Wildman–Crippen MR) is 128 cm³/mol. The molecule has 33 heavy (non-hydrogen) atoms. The van der Waals surface area contributed by atoms with Gasteiger partial charge in [0.05, 0.1) is 23.3 Å². The molecule has 5 rings (SSSR count). The molecule has 0 unspecified atom stereocenters. The van der Waals surface area contributed by atoms with Crippen molar-refractivity contribution in [2.45, 2.75) is 13.0 Å². The molecule has 0 spiro atoms. The minimum absolute atomic E-state index is 0.0644. The second-order valence-electron chi connectivity index (χ2n) is 8.24. The topological polar surface area (TPSA) is 95.0 Å². The second-order valence-corrected chi connectivity index (χ2v) is 8.68. The second kappa shape index (κ2) is 8.74. The number of anilines is 1. The Labute approximate surface area is 196 Å². The number of rotatable bonds is 4. The van der Waals surface area contributed by atoms with Crippen LogP contribution in [0.4, 0.5) is 10.6 Å². The number of piperazine rings is 1. The number of amides is 2. The molecule has 170 valence electrons. The summed E-state index contributed by atoms with van der Waals surface area (Å²) in [5, 5.41) is 8.97. The van der Waals surface area contributed by atoms with Gasteiger partial charge in [-0.2, -0.15) is 5.10 Å². The van der Waals surface area contributed by atoms with Gasteiger partial charge in [0.25, 0.3) is 0 Å². The van der Waals surface area contributed by atoms with Crippen molar-refractivity contribution >= 4 is 34.5 Å². The Morgan fingerprint density at radius 1 is 1.15 bits per heavy atom. The number of hydrogen-bond donors (Lipinski definition) is 2. The Hall–Kier alpha value is -3.59. The molecule has 3 aromatic heterocycles. The quantitative estimate of drug-likeness (QED) is 0.481. The SMILES string of the molecule is C[C@H](NC(=O)N1CCN(c2ncnc3[nH]c(-c4cnn(C)c4)cc23)CC1)c1ccc(Cl)cc1. The van der Waals surface area contributed by atoms with Crippen LogP contribution in [0.1, 0.15) is 18.5 Å². The lowest BCUT2D eigenvalue weighted by Gasteiger charge is -2.36. The number of aryl methyl sites for hydroxylation is 1. The van der Waals surface area contributed by atoms with Crippen LogP contribution in [0, 0.1) is 0 Å². The first kappa shape index (κ1) is 21.3. The number of aromatic amines is 1. The number of nitrogens with zero attached hydrogens (tertiary/aromatic N) is 6. The van der Waals surface area contributed by atoms with Gasteiger partial charge >= 0.3 is 6.03 Å². The third-order valence-electron chi connectivity index (χ3n) is 6.00.